The number of hydrogen-bond donors (Lipinski definition) is 0. The van der Waals surface area contributed by atoms with Crippen molar-refractivity contribution < 1.29 is 39.5 Å². The van der Waals surface area contributed by atoms with Crippen molar-refractivity contribution in [1.29, 1.82) is 0 Å². The third kappa shape index (κ3) is 11.3. The normalized spacial score (nSPS) is 12.0. The van der Waals surface area contributed by atoms with E-state index in [1.165, 1.54) is 36.4 Å². The lowest BCUT2D eigenvalue weighted by Gasteiger charge is -2.19. The van der Waals surface area contributed by atoms with Crippen molar-refractivity contribution in [3.05, 3.63) is 319 Å². The summed E-state index contributed by atoms with van der Waals surface area (Å²) in [6.07, 6.45) is -14.1. The van der Waals surface area contributed by atoms with E-state index in [2.05, 4.69) is 12.1 Å². The number of aromatic nitrogens is 1. The van der Waals surface area contributed by atoms with E-state index in [0.29, 0.717) is 77.4 Å². The molecule has 14 rings (SSSR count). The molecule has 0 unspecified atom stereocenters. The van der Waals surface area contributed by atoms with Crippen LogP contribution in [0.2, 0.25) is 0 Å². The second kappa shape index (κ2) is 23.7. The predicted octanol–water partition coefficient (Wildman–Crippen LogP) is 25.1. The van der Waals surface area contributed by atoms with Crippen LogP contribution in [0.5, 0.6) is 0 Å². The van der Waals surface area contributed by atoms with Gasteiger partial charge in [-0.25, -0.2) is 0 Å². The van der Waals surface area contributed by atoms with Crippen LogP contribution in [0.3, 0.4) is 0 Å². The van der Waals surface area contributed by atoms with Gasteiger partial charge < -0.3 is 4.57 Å². The Hall–Kier alpha value is -11.0. The molecule has 454 valence electrons. The zero-order chi connectivity index (χ0) is 64.3. The van der Waals surface area contributed by atoms with Gasteiger partial charge in [0, 0.05) is 10.8 Å². The van der Waals surface area contributed by atoms with Crippen molar-refractivity contribution in [3.8, 4) is 117 Å². The Bertz CT molecular complexity index is 4920. The lowest BCUT2D eigenvalue weighted by molar-refractivity contribution is -0.138. The first kappa shape index (κ1) is 59.6. The average Bonchev–Trinajstić information content (AvgIpc) is 1.63. The molecule has 0 radical (unpaired) electrons. The summed E-state index contributed by atoms with van der Waals surface area (Å²) < 4.78 is 137. The van der Waals surface area contributed by atoms with Gasteiger partial charge >= 0.3 is 18.5 Å². The molecular formula is C83H54F9N. The highest BCUT2D eigenvalue weighted by molar-refractivity contribution is 6.12. The first-order chi connectivity index (χ1) is 44.9. The molecular weight excluding hydrogens is 1180 g/mol. The number of halogens is 9. The van der Waals surface area contributed by atoms with Crippen molar-refractivity contribution in [3.63, 3.8) is 0 Å². The summed E-state index contributed by atoms with van der Waals surface area (Å²) in [5, 5.41) is 1.20. The predicted molar refractivity (Wildman–Crippen MR) is 360 cm³/mol. The van der Waals surface area contributed by atoms with Crippen LogP contribution < -0.4 is 0 Å². The molecule has 0 aliphatic heterocycles. The quantitative estimate of drug-likeness (QED) is 0.114. The fraction of sp³-hybridized carbons (Fsp3) is 0.0602. The van der Waals surface area contributed by atoms with Gasteiger partial charge in [-0.2, -0.15) is 39.5 Å². The molecule has 1 aromatic heterocycles. The fourth-order valence-electron chi connectivity index (χ4n) is 13.3. The molecule has 93 heavy (non-hydrogen) atoms. The highest BCUT2D eigenvalue weighted by Crippen LogP contribution is 2.49. The van der Waals surface area contributed by atoms with Gasteiger partial charge in [0.1, 0.15) is 0 Å². The van der Waals surface area contributed by atoms with Gasteiger partial charge in [-0.1, -0.05) is 206 Å². The maximum absolute atomic E-state index is 15.3. The van der Waals surface area contributed by atoms with E-state index in [1.54, 1.807) is 59.2 Å². The SMILES string of the molecule is Cc1ccccc1-c1ccccc1-c1cc(-c2ccc3c(c2)c2cc(-c4cc(-c5ccccc5-c5ccccc5C)cc(-c5ccccc5-c5ccccc5C(F)(F)F)c4)ccc2n3-c2ccccc2C(F)(F)F)cc(-c2ccccc2-c2ccccc2C(F)(F)F)c1. The Balaban J connectivity index is 1.03. The molecule has 14 aromatic rings. The van der Waals surface area contributed by atoms with Crippen LogP contribution in [0.25, 0.3) is 139 Å². The van der Waals surface area contributed by atoms with E-state index in [4.69, 9.17) is 0 Å². The number of fused-ring (bicyclic) bond motifs is 3. The lowest BCUT2D eigenvalue weighted by Crippen LogP contribution is -2.10. The fourth-order valence-corrected chi connectivity index (χ4v) is 13.3. The van der Waals surface area contributed by atoms with Gasteiger partial charge in [0.25, 0.3) is 0 Å². The zero-order valence-corrected chi connectivity index (χ0v) is 50.1. The molecule has 10 heteroatoms. The topological polar surface area (TPSA) is 4.93 Å². The van der Waals surface area contributed by atoms with Gasteiger partial charge in [-0.3, -0.25) is 0 Å². The summed E-state index contributed by atoms with van der Waals surface area (Å²) >= 11 is 0. The number of rotatable bonds is 11. The van der Waals surface area contributed by atoms with E-state index in [9.17, 15) is 26.3 Å². The number of para-hydroxylation sites is 1. The summed E-state index contributed by atoms with van der Waals surface area (Å²) in [5.74, 6) is 0. The Morgan fingerprint density at radius 2 is 0.473 bits per heavy atom. The largest absolute Gasteiger partial charge is 0.418 e. The monoisotopic (exact) mass is 1240 g/mol. The Morgan fingerprint density at radius 3 is 0.806 bits per heavy atom. The number of aryl methyl sites for hydroxylation is 2. The molecule has 0 spiro atoms. The van der Waals surface area contributed by atoms with E-state index < -0.39 is 35.2 Å². The molecule has 13 aromatic carbocycles. The zero-order valence-electron chi connectivity index (χ0n) is 50.1. The maximum atomic E-state index is 15.3. The average molecular weight is 1240 g/mol. The van der Waals surface area contributed by atoms with Gasteiger partial charge in [-0.15, -0.1) is 0 Å². The van der Waals surface area contributed by atoms with E-state index >= 15 is 13.2 Å². The van der Waals surface area contributed by atoms with Crippen LogP contribution in [-0.4, -0.2) is 4.57 Å². The molecule has 1 heterocycles. The van der Waals surface area contributed by atoms with Crippen molar-refractivity contribution in [2.24, 2.45) is 0 Å². The van der Waals surface area contributed by atoms with Crippen LogP contribution in [0.15, 0.2) is 291 Å². The minimum absolute atomic E-state index is 0.0150. The van der Waals surface area contributed by atoms with Crippen LogP contribution in [0.4, 0.5) is 39.5 Å². The van der Waals surface area contributed by atoms with Crippen LogP contribution in [0.1, 0.15) is 27.8 Å². The van der Waals surface area contributed by atoms with Gasteiger partial charge in [0.05, 0.1) is 33.4 Å². The van der Waals surface area contributed by atoms with E-state index in [-0.39, 0.29) is 16.8 Å². The number of nitrogens with zero attached hydrogens (tertiary/aromatic N) is 1. The molecule has 0 atom stereocenters. The molecule has 0 saturated carbocycles. The number of hydrogen-bond acceptors (Lipinski definition) is 0. The Kier molecular flexibility index (Phi) is 15.2. The van der Waals surface area contributed by atoms with Crippen molar-refractivity contribution in [2.45, 2.75) is 32.4 Å². The molecule has 1 nitrogen and oxygen atoms in total. The number of benzene rings is 13. The summed E-state index contributed by atoms with van der Waals surface area (Å²) in [4.78, 5) is 0. The summed E-state index contributed by atoms with van der Waals surface area (Å²) in [5.41, 5.74) is 13.5. The highest BCUT2D eigenvalue weighted by Gasteiger charge is 2.37. The third-order valence-electron chi connectivity index (χ3n) is 17.6. The Morgan fingerprint density at radius 1 is 0.215 bits per heavy atom. The maximum Gasteiger partial charge on any atom is 0.418 e. The van der Waals surface area contributed by atoms with E-state index in [1.807, 2.05) is 184 Å². The summed E-state index contributed by atoms with van der Waals surface area (Å²) in [6, 6.07) is 85.9. The van der Waals surface area contributed by atoms with Gasteiger partial charge in [0.15, 0.2) is 0 Å². The molecule has 0 amide bonds. The molecule has 0 aliphatic rings. The summed E-state index contributed by atoms with van der Waals surface area (Å²) in [6.45, 7) is 4.07. The smallest absolute Gasteiger partial charge is 0.309 e. The highest BCUT2D eigenvalue weighted by atomic mass is 19.4. The molecule has 0 N–H and O–H groups in total. The van der Waals surface area contributed by atoms with E-state index in [0.717, 1.165) is 73.8 Å². The Labute approximate surface area is 531 Å². The second-order valence-corrected chi connectivity index (χ2v) is 23.3. The summed E-state index contributed by atoms with van der Waals surface area (Å²) in [7, 11) is 0. The minimum atomic E-state index is -4.75. The molecule has 0 aliphatic carbocycles. The third-order valence-corrected chi connectivity index (χ3v) is 17.6. The number of alkyl halides is 9. The molecule has 0 fully saturated rings. The standard InChI is InChI=1S/C83H54F9N/c1-51-21-3-5-23-61(51)67-29-11-7-25-63(67)57-43-55(45-59(47-57)65-27-9-13-31-69(65)71-33-15-17-35-75(71)81(84,85)86)53-39-41-78-73(49-53)74-50-54(40-42-79(74)93(78)80-38-20-19-37-77(80)83(90,91)92)56-44-58(64-26-8-12-30-68(64)62-24-6-4-22-52(62)2)48-60(46-56)66-28-10-14-32-70(66)72-34-16-18-36-76(72)82(87,88)89/h3-50H,1-2H3. The first-order valence-electron chi connectivity index (χ1n) is 30.3. The van der Waals surface area contributed by atoms with Crippen molar-refractivity contribution >= 4 is 21.8 Å². The van der Waals surface area contributed by atoms with Crippen LogP contribution in [-0.2, 0) is 18.5 Å². The van der Waals surface area contributed by atoms with Crippen LogP contribution >= 0.6 is 0 Å². The molecule has 0 bridgehead atoms. The minimum Gasteiger partial charge on any atom is -0.309 e. The molecule has 0 saturated heterocycles. The van der Waals surface area contributed by atoms with Gasteiger partial charge in [-0.05, 0) is 221 Å². The second-order valence-electron chi connectivity index (χ2n) is 23.3. The van der Waals surface area contributed by atoms with Gasteiger partial charge in [0.2, 0.25) is 0 Å². The van der Waals surface area contributed by atoms with Crippen molar-refractivity contribution in [1.82, 2.24) is 4.57 Å². The van der Waals surface area contributed by atoms with Crippen LogP contribution in [0, 0.1) is 13.8 Å². The van der Waals surface area contributed by atoms with Crippen molar-refractivity contribution in [2.75, 3.05) is 0 Å². The first-order valence-corrected chi connectivity index (χ1v) is 30.3. The lowest BCUT2D eigenvalue weighted by atomic mass is 9.86.